The maximum atomic E-state index is 11.6. The SMILES string of the molecule is CCC(C)C(Br)c1ccc2c(c1)CCC(=O)N2C. The summed E-state index contributed by atoms with van der Waals surface area (Å²) in [4.78, 5) is 13.8. The van der Waals surface area contributed by atoms with E-state index in [0.717, 1.165) is 18.5 Å². The van der Waals surface area contributed by atoms with Gasteiger partial charge in [-0.25, -0.2) is 0 Å². The molecule has 0 fully saturated rings. The van der Waals surface area contributed by atoms with Gasteiger partial charge in [0.1, 0.15) is 0 Å². The maximum Gasteiger partial charge on any atom is 0.227 e. The Labute approximate surface area is 117 Å². The fraction of sp³-hybridized carbons (Fsp3) is 0.533. The highest BCUT2D eigenvalue weighted by Crippen LogP contribution is 2.36. The van der Waals surface area contributed by atoms with Crippen molar-refractivity contribution >= 4 is 27.5 Å². The van der Waals surface area contributed by atoms with E-state index < -0.39 is 0 Å². The number of hydrogen-bond acceptors (Lipinski definition) is 1. The topological polar surface area (TPSA) is 20.3 Å². The number of carbonyl (C=O) groups excluding carboxylic acids is 1. The Hall–Kier alpha value is -0.830. The molecule has 2 unspecified atom stereocenters. The molecule has 1 heterocycles. The third kappa shape index (κ3) is 2.46. The molecule has 0 spiro atoms. The van der Waals surface area contributed by atoms with Crippen molar-refractivity contribution < 1.29 is 4.79 Å². The average molecular weight is 310 g/mol. The maximum absolute atomic E-state index is 11.6. The summed E-state index contributed by atoms with van der Waals surface area (Å²) in [7, 11) is 1.86. The van der Waals surface area contributed by atoms with E-state index in [9.17, 15) is 4.79 Å². The first kappa shape index (κ1) is 13.6. The van der Waals surface area contributed by atoms with Crippen molar-refractivity contribution in [2.45, 2.75) is 37.9 Å². The summed E-state index contributed by atoms with van der Waals surface area (Å²) in [5.74, 6) is 0.832. The first-order chi connectivity index (χ1) is 8.54. The lowest BCUT2D eigenvalue weighted by Crippen LogP contribution is -2.31. The normalized spacial score (nSPS) is 18.4. The molecule has 0 aliphatic carbocycles. The van der Waals surface area contributed by atoms with Gasteiger partial charge in [-0.05, 0) is 29.5 Å². The molecular formula is C15H20BrNO. The van der Waals surface area contributed by atoms with Gasteiger partial charge in [-0.3, -0.25) is 4.79 Å². The van der Waals surface area contributed by atoms with Crippen molar-refractivity contribution in [3.8, 4) is 0 Å². The molecule has 0 bridgehead atoms. The monoisotopic (exact) mass is 309 g/mol. The van der Waals surface area contributed by atoms with Crippen molar-refractivity contribution in [1.82, 2.24) is 0 Å². The number of benzene rings is 1. The summed E-state index contributed by atoms with van der Waals surface area (Å²) < 4.78 is 0. The lowest BCUT2D eigenvalue weighted by Gasteiger charge is -2.27. The zero-order valence-corrected chi connectivity index (χ0v) is 12.8. The molecule has 1 aliphatic rings. The Balaban J connectivity index is 2.31. The number of fused-ring (bicyclic) bond motifs is 1. The molecule has 2 atom stereocenters. The van der Waals surface area contributed by atoms with Crippen LogP contribution in [0.2, 0.25) is 0 Å². The summed E-state index contributed by atoms with van der Waals surface area (Å²) in [6.07, 6.45) is 2.65. The largest absolute Gasteiger partial charge is 0.315 e. The van der Waals surface area contributed by atoms with Crippen molar-refractivity contribution in [2.75, 3.05) is 11.9 Å². The molecule has 0 N–H and O–H groups in total. The van der Waals surface area contributed by atoms with Crippen LogP contribution in [-0.4, -0.2) is 13.0 Å². The van der Waals surface area contributed by atoms with Crippen LogP contribution in [0.15, 0.2) is 18.2 Å². The third-order valence-electron chi connectivity index (χ3n) is 3.91. The van der Waals surface area contributed by atoms with Gasteiger partial charge in [0.2, 0.25) is 5.91 Å². The molecule has 1 aromatic carbocycles. The van der Waals surface area contributed by atoms with Gasteiger partial charge in [0, 0.05) is 24.0 Å². The number of amides is 1. The second-order valence-electron chi connectivity index (χ2n) is 5.13. The summed E-state index contributed by atoms with van der Waals surface area (Å²) >= 11 is 3.79. The molecule has 2 nitrogen and oxygen atoms in total. The van der Waals surface area contributed by atoms with Crippen molar-refractivity contribution in [1.29, 1.82) is 0 Å². The highest BCUT2D eigenvalue weighted by Gasteiger charge is 2.22. The zero-order chi connectivity index (χ0) is 13.3. The van der Waals surface area contributed by atoms with Crippen molar-refractivity contribution in [2.24, 2.45) is 5.92 Å². The molecule has 1 aromatic rings. The molecule has 1 amide bonds. The molecule has 18 heavy (non-hydrogen) atoms. The van der Waals surface area contributed by atoms with E-state index >= 15 is 0 Å². The number of alkyl halides is 1. The van der Waals surface area contributed by atoms with Crippen LogP contribution >= 0.6 is 15.9 Å². The molecule has 98 valence electrons. The van der Waals surface area contributed by atoms with Gasteiger partial charge >= 0.3 is 0 Å². The predicted octanol–water partition coefficient (Wildman–Crippen LogP) is 4.08. The number of rotatable bonds is 3. The van der Waals surface area contributed by atoms with Crippen molar-refractivity contribution in [3.63, 3.8) is 0 Å². The number of halogens is 1. The minimum absolute atomic E-state index is 0.215. The lowest BCUT2D eigenvalue weighted by molar-refractivity contribution is -0.118. The third-order valence-corrected chi connectivity index (χ3v) is 5.34. The Bertz CT molecular complexity index is 458. The van der Waals surface area contributed by atoms with Crippen LogP contribution in [-0.2, 0) is 11.2 Å². The molecule has 2 rings (SSSR count). The van der Waals surface area contributed by atoms with E-state index in [4.69, 9.17) is 0 Å². The van der Waals surface area contributed by atoms with Crippen LogP contribution < -0.4 is 4.90 Å². The minimum Gasteiger partial charge on any atom is -0.315 e. The quantitative estimate of drug-likeness (QED) is 0.770. The number of hydrogen-bond donors (Lipinski definition) is 0. The van der Waals surface area contributed by atoms with E-state index in [2.05, 4.69) is 48.0 Å². The van der Waals surface area contributed by atoms with E-state index in [1.165, 1.54) is 11.1 Å². The first-order valence-electron chi connectivity index (χ1n) is 6.58. The number of aryl methyl sites for hydroxylation is 1. The van der Waals surface area contributed by atoms with E-state index in [1.807, 2.05) is 7.05 Å². The van der Waals surface area contributed by atoms with Gasteiger partial charge in [0.25, 0.3) is 0 Å². The van der Waals surface area contributed by atoms with Gasteiger partial charge in [-0.15, -0.1) is 0 Å². The molecule has 0 saturated heterocycles. The number of carbonyl (C=O) groups is 1. The Morgan fingerprint density at radius 3 is 2.78 bits per heavy atom. The smallest absolute Gasteiger partial charge is 0.227 e. The van der Waals surface area contributed by atoms with Gasteiger partial charge in [-0.2, -0.15) is 0 Å². The highest BCUT2D eigenvalue weighted by atomic mass is 79.9. The predicted molar refractivity (Wildman–Crippen MR) is 79.3 cm³/mol. The minimum atomic E-state index is 0.215. The standard InChI is InChI=1S/C15H20BrNO/c1-4-10(2)15(16)12-5-7-13-11(9-12)6-8-14(18)17(13)3/h5,7,9-10,15H,4,6,8H2,1-3H3. The van der Waals surface area contributed by atoms with Crippen LogP contribution in [0.1, 0.15) is 42.6 Å². The molecule has 0 saturated carbocycles. The van der Waals surface area contributed by atoms with Crippen LogP contribution in [0.3, 0.4) is 0 Å². The lowest BCUT2D eigenvalue weighted by atomic mass is 9.94. The average Bonchev–Trinajstić information content (AvgIpc) is 2.41. The van der Waals surface area contributed by atoms with Gasteiger partial charge in [0.05, 0.1) is 0 Å². The number of anilines is 1. The van der Waals surface area contributed by atoms with Gasteiger partial charge < -0.3 is 4.90 Å². The molecule has 0 aromatic heterocycles. The van der Waals surface area contributed by atoms with Gasteiger partial charge in [-0.1, -0.05) is 48.3 Å². The zero-order valence-electron chi connectivity index (χ0n) is 11.2. The van der Waals surface area contributed by atoms with E-state index in [0.29, 0.717) is 17.2 Å². The van der Waals surface area contributed by atoms with Crippen LogP contribution in [0, 0.1) is 5.92 Å². The van der Waals surface area contributed by atoms with Gasteiger partial charge in [0.15, 0.2) is 0 Å². The summed E-state index contributed by atoms with van der Waals surface area (Å²) in [6, 6.07) is 6.47. The second-order valence-corrected chi connectivity index (χ2v) is 6.11. The Morgan fingerprint density at radius 1 is 1.39 bits per heavy atom. The second kappa shape index (κ2) is 5.43. The number of nitrogens with zero attached hydrogens (tertiary/aromatic N) is 1. The highest BCUT2D eigenvalue weighted by molar-refractivity contribution is 9.09. The molecule has 1 aliphatic heterocycles. The first-order valence-corrected chi connectivity index (χ1v) is 7.49. The van der Waals surface area contributed by atoms with Crippen molar-refractivity contribution in [3.05, 3.63) is 29.3 Å². The molecule has 0 radical (unpaired) electrons. The van der Waals surface area contributed by atoms with E-state index in [1.54, 1.807) is 4.90 Å². The fourth-order valence-corrected chi connectivity index (χ4v) is 3.04. The van der Waals surface area contributed by atoms with Crippen LogP contribution in [0.25, 0.3) is 0 Å². The van der Waals surface area contributed by atoms with E-state index in [-0.39, 0.29) is 5.91 Å². The fourth-order valence-electron chi connectivity index (χ4n) is 2.38. The molecule has 3 heteroatoms. The summed E-state index contributed by atoms with van der Waals surface area (Å²) in [6.45, 7) is 4.47. The summed E-state index contributed by atoms with van der Waals surface area (Å²) in [5, 5.41) is 0. The Morgan fingerprint density at radius 2 is 2.11 bits per heavy atom. The summed E-state index contributed by atoms with van der Waals surface area (Å²) in [5.41, 5.74) is 3.69. The molecular weight excluding hydrogens is 290 g/mol. The Kier molecular flexibility index (Phi) is 4.10. The van der Waals surface area contributed by atoms with Crippen LogP contribution in [0.5, 0.6) is 0 Å². The van der Waals surface area contributed by atoms with Crippen LogP contribution in [0.4, 0.5) is 5.69 Å².